The van der Waals surface area contributed by atoms with Gasteiger partial charge in [-0.2, -0.15) is 0 Å². The van der Waals surface area contributed by atoms with E-state index in [-0.39, 0.29) is 5.54 Å². The molecule has 0 atom stereocenters. The molecule has 1 aromatic rings. The predicted octanol–water partition coefficient (Wildman–Crippen LogP) is 2.78. The van der Waals surface area contributed by atoms with Gasteiger partial charge >= 0.3 is 0 Å². The van der Waals surface area contributed by atoms with Crippen molar-refractivity contribution in [3.05, 3.63) is 23.3 Å². The zero-order valence-electron chi connectivity index (χ0n) is 11.0. The number of rotatable bonds is 4. The van der Waals surface area contributed by atoms with Crippen molar-refractivity contribution in [2.75, 3.05) is 14.2 Å². The first-order valence-corrected chi connectivity index (χ1v) is 6.07. The van der Waals surface area contributed by atoms with Crippen LogP contribution in [0.2, 0.25) is 0 Å². The summed E-state index contributed by atoms with van der Waals surface area (Å²) in [6.07, 6.45) is 2.05. The van der Waals surface area contributed by atoms with E-state index in [0.29, 0.717) is 5.92 Å². The largest absolute Gasteiger partial charge is 0.493 e. The predicted molar refractivity (Wildman–Crippen MR) is 68.7 cm³/mol. The van der Waals surface area contributed by atoms with E-state index >= 15 is 0 Å². The highest BCUT2D eigenvalue weighted by atomic mass is 16.5. The molecule has 0 unspecified atom stereocenters. The normalized spacial score (nSPS) is 17.1. The molecule has 1 aliphatic rings. The van der Waals surface area contributed by atoms with Crippen molar-refractivity contribution in [2.24, 2.45) is 5.73 Å². The van der Waals surface area contributed by atoms with Crippen molar-refractivity contribution in [3.8, 4) is 11.5 Å². The fourth-order valence-electron chi connectivity index (χ4n) is 2.32. The number of hydrogen-bond donors (Lipinski definition) is 1. The highest BCUT2D eigenvalue weighted by molar-refractivity contribution is 5.56. The lowest BCUT2D eigenvalue weighted by Crippen LogP contribution is -2.22. The molecule has 0 amide bonds. The molecule has 2 N–H and O–H groups in total. The van der Waals surface area contributed by atoms with Crippen molar-refractivity contribution < 1.29 is 9.47 Å². The fourth-order valence-corrected chi connectivity index (χ4v) is 2.32. The molecule has 0 saturated heterocycles. The van der Waals surface area contributed by atoms with Gasteiger partial charge in [0.2, 0.25) is 0 Å². The molecular weight excluding hydrogens is 214 g/mol. The summed E-state index contributed by atoms with van der Waals surface area (Å²) < 4.78 is 10.9. The zero-order chi connectivity index (χ0) is 12.6. The molecular formula is C14H21NO2. The summed E-state index contributed by atoms with van der Waals surface area (Å²) >= 11 is 0. The summed E-state index contributed by atoms with van der Waals surface area (Å²) in [6.45, 7) is 4.35. The minimum atomic E-state index is -0.209. The van der Waals surface area contributed by atoms with E-state index in [1.54, 1.807) is 14.2 Å². The Bertz CT molecular complexity index is 422. The van der Waals surface area contributed by atoms with Crippen molar-refractivity contribution in [3.63, 3.8) is 0 Å². The Morgan fingerprint density at radius 3 is 2.24 bits per heavy atom. The van der Waals surface area contributed by atoms with E-state index in [9.17, 15) is 0 Å². The molecule has 3 heteroatoms. The summed E-state index contributed by atoms with van der Waals surface area (Å²) in [4.78, 5) is 0. The first-order valence-electron chi connectivity index (χ1n) is 6.07. The maximum atomic E-state index is 6.37. The molecule has 3 nitrogen and oxygen atoms in total. The molecule has 0 spiro atoms. The van der Waals surface area contributed by atoms with Crippen molar-refractivity contribution in [2.45, 2.75) is 38.1 Å². The van der Waals surface area contributed by atoms with Crippen molar-refractivity contribution in [1.82, 2.24) is 0 Å². The van der Waals surface area contributed by atoms with Crippen LogP contribution in [-0.2, 0) is 5.54 Å². The Labute approximate surface area is 103 Å². The first-order chi connectivity index (χ1) is 8.03. The van der Waals surface area contributed by atoms with Gasteiger partial charge in [-0.15, -0.1) is 0 Å². The van der Waals surface area contributed by atoms with Crippen molar-refractivity contribution >= 4 is 0 Å². The molecule has 1 aliphatic carbocycles. The van der Waals surface area contributed by atoms with Gasteiger partial charge in [0.25, 0.3) is 0 Å². The molecule has 0 aromatic heterocycles. The molecule has 0 aliphatic heterocycles. The van der Waals surface area contributed by atoms with Gasteiger partial charge in [-0.25, -0.2) is 0 Å². The van der Waals surface area contributed by atoms with Gasteiger partial charge in [0.05, 0.1) is 14.2 Å². The van der Waals surface area contributed by atoms with Crippen LogP contribution in [0, 0.1) is 0 Å². The summed E-state index contributed by atoms with van der Waals surface area (Å²) in [5, 5.41) is 0. The Hall–Kier alpha value is -1.22. The third kappa shape index (κ3) is 2.00. The van der Waals surface area contributed by atoms with E-state index in [1.807, 2.05) is 6.07 Å². The first kappa shape index (κ1) is 12.2. The van der Waals surface area contributed by atoms with Crippen LogP contribution in [-0.4, -0.2) is 14.2 Å². The Morgan fingerprint density at radius 1 is 1.18 bits per heavy atom. The summed E-state index contributed by atoms with van der Waals surface area (Å²) in [7, 11) is 3.34. The van der Waals surface area contributed by atoms with Crippen LogP contribution >= 0.6 is 0 Å². The molecule has 1 fully saturated rings. The molecule has 94 valence electrons. The van der Waals surface area contributed by atoms with Crippen LogP contribution in [0.1, 0.15) is 43.7 Å². The molecule has 0 radical (unpaired) electrons. The third-order valence-corrected chi connectivity index (χ3v) is 3.49. The number of methoxy groups -OCH3 is 2. The molecule has 1 saturated carbocycles. The van der Waals surface area contributed by atoms with E-state index in [2.05, 4.69) is 19.9 Å². The fraction of sp³-hybridized carbons (Fsp3) is 0.571. The Balaban J connectivity index is 2.63. The average Bonchev–Trinajstić information content (AvgIpc) is 3.06. The second-order valence-corrected chi connectivity index (χ2v) is 5.08. The number of nitrogens with two attached hydrogens (primary N) is 1. The number of ether oxygens (including phenoxy) is 2. The lowest BCUT2D eigenvalue weighted by Gasteiger charge is -2.23. The molecule has 17 heavy (non-hydrogen) atoms. The smallest absolute Gasteiger partial charge is 0.166 e. The molecule has 1 aromatic carbocycles. The topological polar surface area (TPSA) is 44.5 Å². The maximum absolute atomic E-state index is 6.37. The minimum Gasteiger partial charge on any atom is -0.493 e. The highest BCUT2D eigenvalue weighted by Gasteiger charge is 2.44. The quantitative estimate of drug-likeness (QED) is 0.872. The summed E-state index contributed by atoms with van der Waals surface area (Å²) in [5.74, 6) is 2.01. The lowest BCUT2D eigenvalue weighted by molar-refractivity contribution is 0.347. The van der Waals surface area contributed by atoms with E-state index < -0.39 is 0 Å². The Morgan fingerprint density at radius 2 is 1.82 bits per heavy atom. The van der Waals surface area contributed by atoms with Gasteiger partial charge in [-0.1, -0.05) is 19.9 Å². The highest BCUT2D eigenvalue weighted by Crippen LogP contribution is 2.51. The van der Waals surface area contributed by atoms with Gasteiger partial charge in [-0.05, 0) is 30.4 Å². The van der Waals surface area contributed by atoms with Crippen LogP contribution in [0.15, 0.2) is 12.1 Å². The monoisotopic (exact) mass is 235 g/mol. The Kier molecular flexibility index (Phi) is 3.04. The second-order valence-electron chi connectivity index (χ2n) is 5.08. The third-order valence-electron chi connectivity index (χ3n) is 3.49. The molecule has 2 rings (SSSR count). The number of benzene rings is 1. The van der Waals surface area contributed by atoms with Gasteiger partial charge in [0.15, 0.2) is 11.5 Å². The summed E-state index contributed by atoms with van der Waals surface area (Å²) in [5.41, 5.74) is 8.56. The maximum Gasteiger partial charge on any atom is 0.166 e. The standard InChI is InChI=1S/C14H21NO2/c1-9(2)10-5-6-11(16-3)13(17-4)12(10)14(15)7-8-14/h5-6,9H,7-8,15H2,1-4H3. The van der Waals surface area contributed by atoms with Crippen LogP contribution in [0.3, 0.4) is 0 Å². The van der Waals surface area contributed by atoms with Crippen LogP contribution in [0.25, 0.3) is 0 Å². The lowest BCUT2D eigenvalue weighted by atomic mass is 9.90. The van der Waals surface area contributed by atoms with Gasteiger partial charge < -0.3 is 15.2 Å². The van der Waals surface area contributed by atoms with Gasteiger partial charge in [-0.3, -0.25) is 0 Å². The summed E-state index contributed by atoms with van der Waals surface area (Å²) in [6, 6.07) is 4.07. The van der Waals surface area contributed by atoms with E-state index in [4.69, 9.17) is 15.2 Å². The van der Waals surface area contributed by atoms with Crippen LogP contribution in [0.5, 0.6) is 11.5 Å². The van der Waals surface area contributed by atoms with Gasteiger partial charge in [0, 0.05) is 11.1 Å². The van der Waals surface area contributed by atoms with Crippen LogP contribution < -0.4 is 15.2 Å². The number of hydrogen-bond acceptors (Lipinski definition) is 3. The van der Waals surface area contributed by atoms with E-state index in [1.165, 1.54) is 5.56 Å². The van der Waals surface area contributed by atoms with E-state index in [0.717, 1.165) is 29.9 Å². The van der Waals surface area contributed by atoms with Crippen LogP contribution in [0.4, 0.5) is 0 Å². The SMILES string of the molecule is COc1ccc(C(C)C)c(C2(N)CC2)c1OC. The average molecular weight is 235 g/mol. The zero-order valence-corrected chi connectivity index (χ0v) is 11.0. The molecule has 0 heterocycles. The molecule has 0 bridgehead atoms. The van der Waals surface area contributed by atoms with Gasteiger partial charge in [0.1, 0.15) is 0 Å². The second kappa shape index (κ2) is 4.22. The minimum absolute atomic E-state index is 0.209. The van der Waals surface area contributed by atoms with Crippen molar-refractivity contribution in [1.29, 1.82) is 0 Å².